The smallest absolute Gasteiger partial charge is 0.224 e. The van der Waals surface area contributed by atoms with Crippen molar-refractivity contribution >= 4 is 17.5 Å². The number of nitrogens with one attached hydrogen (secondary N) is 1. The highest BCUT2D eigenvalue weighted by Crippen LogP contribution is 2.25. The molecule has 126 valence electrons. The lowest BCUT2D eigenvalue weighted by Crippen LogP contribution is -2.46. The molecule has 1 aliphatic heterocycles. The van der Waals surface area contributed by atoms with Gasteiger partial charge >= 0.3 is 0 Å². The zero-order valence-corrected chi connectivity index (χ0v) is 14.0. The normalized spacial score (nSPS) is 17.7. The topological polar surface area (TPSA) is 53.5 Å². The molecule has 0 unspecified atom stereocenters. The molecule has 6 nitrogen and oxygen atoms in total. The van der Waals surface area contributed by atoms with Crippen LogP contribution in [-0.4, -0.2) is 49.3 Å². The minimum atomic E-state index is 0.576. The first-order chi connectivity index (χ1) is 11.8. The number of methoxy groups -OCH3 is 1. The molecule has 2 heterocycles. The summed E-state index contributed by atoms with van der Waals surface area (Å²) < 4.78 is 5.23. The van der Waals surface area contributed by atoms with Crippen LogP contribution in [0.25, 0.3) is 0 Å². The van der Waals surface area contributed by atoms with Gasteiger partial charge in [0.1, 0.15) is 11.6 Å². The van der Waals surface area contributed by atoms with Gasteiger partial charge in [-0.1, -0.05) is 0 Å². The highest BCUT2D eigenvalue weighted by atomic mass is 16.5. The summed E-state index contributed by atoms with van der Waals surface area (Å²) in [5.41, 5.74) is 1.24. The van der Waals surface area contributed by atoms with Gasteiger partial charge < -0.3 is 19.9 Å². The summed E-state index contributed by atoms with van der Waals surface area (Å²) in [6, 6.07) is 10.9. The van der Waals surface area contributed by atoms with E-state index >= 15 is 0 Å². The molecule has 2 aromatic rings. The van der Waals surface area contributed by atoms with Gasteiger partial charge in [0.15, 0.2) is 0 Å². The number of rotatable bonds is 5. The molecule has 2 fully saturated rings. The van der Waals surface area contributed by atoms with Crippen LogP contribution in [0, 0.1) is 0 Å². The second kappa shape index (κ2) is 6.55. The molecule has 24 heavy (non-hydrogen) atoms. The summed E-state index contributed by atoms with van der Waals surface area (Å²) in [7, 11) is 1.70. The van der Waals surface area contributed by atoms with Crippen molar-refractivity contribution in [2.75, 3.05) is 48.4 Å². The Bertz CT molecular complexity index is 678. The summed E-state index contributed by atoms with van der Waals surface area (Å²) in [5, 5.41) is 3.37. The molecular formula is C18H23N5O. The van der Waals surface area contributed by atoms with E-state index in [1.54, 1.807) is 7.11 Å². The van der Waals surface area contributed by atoms with E-state index in [-0.39, 0.29) is 0 Å². The Kier molecular flexibility index (Phi) is 4.11. The molecule has 0 atom stereocenters. The van der Waals surface area contributed by atoms with Crippen molar-refractivity contribution in [3.63, 3.8) is 0 Å². The highest BCUT2D eigenvalue weighted by molar-refractivity contribution is 5.52. The Labute approximate surface area is 142 Å². The molecule has 0 radical (unpaired) electrons. The van der Waals surface area contributed by atoms with Gasteiger partial charge in [-0.15, -0.1) is 0 Å². The summed E-state index contributed by atoms with van der Waals surface area (Å²) >= 11 is 0. The lowest BCUT2D eigenvalue weighted by Gasteiger charge is -2.36. The third-order valence-corrected chi connectivity index (χ3v) is 4.59. The summed E-state index contributed by atoms with van der Waals surface area (Å²) in [5.74, 6) is 2.67. The van der Waals surface area contributed by atoms with E-state index in [1.807, 2.05) is 24.4 Å². The molecule has 0 amide bonds. The van der Waals surface area contributed by atoms with Crippen LogP contribution in [0.1, 0.15) is 12.8 Å². The molecule has 4 rings (SSSR count). The molecule has 0 spiro atoms. The third-order valence-electron chi connectivity index (χ3n) is 4.59. The van der Waals surface area contributed by atoms with E-state index in [0.29, 0.717) is 6.04 Å². The van der Waals surface area contributed by atoms with Gasteiger partial charge in [0, 0.05) is 44.1 Å². The molecule has 2 aliphatic rings. The number of piperazine rings is 1. The molecular weight excluding hydrogens is 302 g/mol. The van der Waals surface area contributed by atoms with E-state index in [0.717, 1.165) is 43.7 Å². The number of nitrogens with zero attached hydrogens (tertiary/aromatic N) is 4. The minimum Gasteiger partial charge on any atom is -0.497 e. The SMILES string of the molecule is COc1ccc(N2CCN(c3ccnc(NC4CC4)n3)CC2)cc1. The van der Waals surface area contributed by atoms with E-state index in [2.05, 4.69) is 37.2 Å². The Morgan fingerprint density at radius 1 is 1.00 bits per heavy atom. The Hall–Kier alpha value is -2.50. The number of aromatic nitrogens is 2. The Morgan fingerprint density at radius 3 is 2.38 bits per heavy atom. The minimum absolute atomic E-state index is 0.576. The molecule has 1 saturated heterocycles. The van der Waals surface area contributed by atoms with Crippen LogP contribution < -0.4 is 19.9 Å². The van der Waals surface area contributed by atoms with Crippen molar-refractivity contribution in [3.05, 3.63) is 36.5 Å². The van der Waals surface area contributed by atoms with Crippen LogP contribution in [0.2, 0.25) is 0 Å². The Balaban J connectivity index is 1.38. The molecule has 1 aliphatic carbocycles. The molecule has 1 aromatic heterocycles. The maximum absolute atomic E-state index is 5.23. The van der Waals surface area contributed by atoms with Crippen LogP contribution in [0.5, 0.6) is 5.75 Å². The molecule has 1 N–H and O–H groups in total. The first kappa shape index (κ1) is 15.1. The number of hydrogen-bond donors (Lipinski definition) is 1. The van der Waals surface area contributed by atoms with Gasteiger partial charge in [0.2, 0.25) is 5.95 Å². The number of ether oxygens (including phenoxy) is 1. The highest BCUT2D eigenvalue weighted by Gasteiger charge is 2.23. The van der Waals surface area contributed by atoms with Gasteiger partial charge in [-0.3, -0.25) is 0 Å². The number of hydrogen-bond acceptors (Lipinski definition) is 6. The lowest BCUT2D eigenvalue weighted by atomic mass is 10.2. The van der Waals surface area contributed by atoms with Crippen molar-refractivity contribution in [1.29, 1.82) is 0 Å². The summed E-state index contributed by atoms with van der Waals surface area (Å²) in [6.45, 7) is 3.90. The fraction of sp³-hybridized carbons (Fsp3) is 0.444. The van der Waals surface area contributed by atoms with Gasteiger partial charge in [0.05, 0.1) is 7.11 Å². The second-order valence-electron chi connectivity index (χ2n) is 6.33. The van der Waals surface area contributed by atoms with Crippen molar-refractivity contribution in [3.8, 4) is 5.75 Å². The first-order valence-corrected chi connectivity index (χ1v) is 8.55. The van der Waals surface area contributed by atoms with E-state index < -0.39 is 0 Å². The average Bonchev–Trinajstić information content (AvgIpc) is 3.46. The predicted molar refractivity (Wildman–Crippen MR) is 96.1 cm³/mol. The van der Waals surface area contributed by atoms with Gasteiger partial charge in [-0.05, 0) is 43.2 Å². The van der Waals surface area contributed by atoms with E-state index in [1.165, 1.54) is 18.5 Å². The van der Waals surface area contributed by atoms with Gasteiger partial charge in [-0.25, -0.2) is 4.98 Å². The van der Waals surface area contributed by atoms with Crippen LogP contribution in [0.4, 0.5) is 17.5 Å². The van der Waals surface area contributed by atoms with E-state index in [4.69, 9.17) is 4.74 Å². The monoisotopic (exact) mass is 325 g/mol. The second-order valence-corrected chi connectivity index (χ2v) is 6.33. The van der Waals surface area contributed by atoms with Crippen molar-refractivity contribution < 1.29 is 4.74 Å². The average molecular weight is 325 g/mol. The number of benzene rings is 1. The fourth-order valence-electron chi connectivity index (χ4n) is 2.99. The van der Waals surface area contributed by atoms with Gasteiger partial charge in [0.25, 0.3) is 0 Å². The number of anilines is 3. The van der Waals surface area contributed by atoms with Crippen LogP contribution >= 0.6 is 0 Å². The molecule has 0 bridgehead atoms. The summed E-state index contributed by atoms with van der Waals surface area (Å²) in [6.07, 6.45) is 4.31. The van der Waals surface area contributed by atoms with Crippen LogP contribution in [-0.2, 0) is 0 Å². The molecule has 6 heteroatoms. The van der Waals surface area contributed by atoms with Gasteiger partial charge in [-0.2, -0.15) is 4.98 Å². The van der Waals surface area contributed by atoms with E-state index in [9.17, 15) is 0 Å². The molecule has 1 aromatic carbocycles. The quantitative estimate of drug-likeness (QED) is 0.911. The fourth-order valence-corrected chi connectivity index (χ4v) is 2.99. The largest absolute Gasteiger partial charge is 0.497 e. The lowest BCUT2D eigenvalue weighted by molar-refractivity contribution is 0.415. The maximum atomic E-state index is 5.23. The van der Waals surface area contributed by atoms with Crippen LogP contribution in [0.15, 0.2) is 36.5 Å². The first-order valence-electron chi connectivity index (χ1n) is 8.55. The molecule has 1 saturated carbocycles. The zero-order chi connectivity index (χ0) is 16.4. The maximum Gasteiger partial charge on any atom is 0.224 e. The Morgan fingerprint density at radius 2 is 1.71 bits per heavy atom. The predicted octanol–water partition coefficient (Wildman–Crippen LogP) is 2.39. The summed E-state index contributed by atoms with van der Waals surface area (Å²) in [4.78, 5) is 13.7. The zero-order valence-electron chi connectivity index (χ0n) is 14.0. The third kappa shape index (κ3) is 3.37. The van der Waals surface area contributed by atoms with Crippen molar-refractivity contribution in [1.82, 2.24) is 9.97 Å². The van der Waals surface area contributed by atoms with Crippen LogP contribution in [0.3, 0.4) is 0 Å². The van der Waals surface area contributed by atoms with Crippen molar-refractivity contribution in [2.24, 2.45) is 0 Å². The standard InChI is InChI=1S/C18H23N5O/c1-24-16-6-4-15(5-7-16)22-10-12-23(13-11-22)17-8-9-19-18(21-17)20-14-2-3-14/h4-9,14H,2-3,10-13H2,1H3,(H,19,20,21). The van der Waals surface area contributed by atoms with Crippen molar-refractivity contribution in [2.45, 2.75) is 18.9 Å².